The molecule has 0 aliphatic rings. The molecule has 1 heterocycles. The van der Waals surface area contributed by atoms with Gasteiger partial charge in [-0.25, -0.2) is 4.68 Å². The number of thioether (sulfide) groups is 1. The molecule has 1 aromatic heterocycles. The van der Waals surface area contributed by atoms with E-state index in [1.807, 2.05) is 31.5 Å². The van der Waals surface area contributed by atoms with Crippen molar-refractivity contribution in [2.24, 2.45) is 0 Å². The molecule has 118 valence electrons. The molecule has 4 nitrogen and oxygen atoms in total. The predicted molar refractivity (Wildman–Crippen MR) is 92.5 cm³/mol. The van der Waals surface area contributed by atoms with E-state index < -0.39 is 0 Å². The number of nitrogens with zero attached hydrogens (tertiary/aromatic N) is 2. The van der Waals surface area contributed by atoms with Crippen molar-refractivity contribution in [2.45, 2.75) is 50.8 Å². The highest BCUT2D eigenvalue weighted by Gasteiger charge is 2.17. The van der Waals surface area contributed by atoms with Gasteiger partial charge in [-0.2, -0.15) is 5.10 Å². The van der Waals surface area contributed by atoms with Crippen LogP contribution in [0.2, 0.25) is 0 Å². The van der Waals surface area contributed by atoms with Crippen molar-refractivity contribution in [3.8, 4) is 0 Å². The molecule has 1 amide bonds. The first-order chi connectivity index (χ1) is 10.4. The molecule has 0 aliphatic heterocycles. The average Bonchev–Trinajstić information content (AvgIpc) is 2.91. The lowest BCUT2D eigenvalue weighted by atomic mass is 10.1. The van der Waals surface area contributed by atoms with E-state index in [4.69, 9.17) is 0 Å². The van der Waals surface area contributed by atoms with Gasteiger partial charge in [0.1, 0.15) is 5.82 Å². The molecule has 1 aromatic carbocycles. The van der Waals surface area contributed by atoms with Crippen molar-refractivity contribution in [3.63, 3.8) is 0 Å². The van der Waals surface area contributed by atoms with Crippen LogP contribution in [0.3, 0.4) is 0 Å². The van der Waals surface area contributed by atoms with Crippen LogP contribution in [0.25, 0.3) is 0 Å². The zero-order valence-electron chi connectivity index (χ0n) is 13.8. The highest BCUT2D eigenvalue weighted by Crippen LogP contribution is 2.26. The molecule has 5 heteroatoms. The van der Waals surface area contributed by atoms with Crippen molar-refractivity contribution >= 4 is 23.5 Å². The third kappa shape index (κ3) is 3.91. The van der Waals surface area contributed by atoms with Crippen LogP contribution < -0.4 is 5.32 Å². The Hall–Kier alpha value is -1.75. The topological polar surface area (TPSA) is 46.9 Å². The largest absolute Gasteiger partial charge is 0.310 e. The van der Waals surface area contributed by atoms with Crippen LogP contribution >= 0.6 is 11.8 Å². The number of carbonyl (C=O) groups is 1. The minimum absolute atomic E-state index is 0.00868. The monoisotopic (exact) mass is 317 g/mol. The fraction of sp³-hybridized carbons (Fsp3) is 0.412. The van der Waals surface area contributed by atoms with Gasteiger partial charge in [-0.05, 0) is 57.9 Å². The van der Waals surface area contributed by atoms with Gasteiger partial charge in [0.25, 0.3) is 0 Å². The summed E-state index contributed by atoms with van der Waals surface area (Å²) in [6.07, 6.45) is 1.71. The number of aryl methyl sites for hydroxylation is 2. The Morgan fingerprint density at radius 2 is 1.91 bits per heavy atom. The van der Waals surface area contributed by atoms with Crippen LogP contribution in [0.4, 0.5) is 5.82 Å². The molecule has 0 saturated heterocycles. The molecule has 0 spiro atoms. The summed E-state index contributed by atoms with van der Waals surface area (Å²) in [7, 11) is 0. The second-order valence-corrected chi connectivity index (χ2v) is 7.16. The molecule has 1 atom stereocenters. The number of rotatable bonds is 5. The molecule has 22 heavy (non-hydrogen) atoms. The molecule has 2 aromatic rings. The average molecular weight is 317 g/mol. The zero-order valence-corrected chi connectivity index (χ0v) is 14.6. The molecule has 0 radical (unpaired) electrons. The quantitative estimate of drug-likeness (QED) is 0.841. The van der Waals surface area contributed by atoms with Crippen molar-refractivity contribution in [1.29, 1.82) is 0 Å². The normalized spacial score (nSPS) is 12.5. The third-order valence-corrected chi connectivity index (χ3v) is 4.66. The van der Waals surface area contributed by atoms with Gasteiger partial charge in [0.05, 0.1) is 11.4 Å². The van der Waals surface area contributed by atoms with E-state index in [1.165, 1.54) is 11.1 Å². The second-order valence-electron chi connectivity index (χ2n) is 5.75. The highest BCUT2D eigenvalue weighted by molar-refractivity contribution is 8.00. The molecule has 0 aliphatic carbocycles. The maximum absolute atomic E-state index is 12.4. The molecular formula is C17H23N3OS. The number of amides is 1. The summed E-state index contributed by atoms with van der Waals surface area (Å²) in [6.45, 7) is 10.2. The van der Waals surface area contributed by atoms with E-state index >= 15 is 0 Å². The molecule has 2 rings (SSSR count). The second kappa shape index (κ2) is 7.01. The molecule has 0 bridgehead atoms. The van der Waals surface area contributed by atoms with Gasteiger partial charge in [0.15, 0.2) is 0 Å². The lowest BCUT2D eigenvalue weighted by Crippen LogP contribution is -2.24. The summed E-state index contributed by atoms with van der Waals surface area (Å²) in [4.78, 5) is 13.5. The van der Waals surface area contributed by atoms with Crippen LogP contribution in [0.1, 0.15) is 37.9 Å². The molecule has 1 N–H and O–H groups in total. The number of aromatic nitrogens is 2. The number of carbonyl (C=O) groups excluding carboxylic acids is 1. The van der Waals surface area contributed by atoms with Gasteiger partial charge in [0.2, 0.25) is 5.91 Å². The minimum atomic E-state index is -0.169. The summed E-state index contributed by atoms with van der Waals surface area (Å²) in [6, 6.07) is 8.33. The number of benzene rings is 1. The van der Waals surface area contributed by atoms with Crippen LogP contribution in [0.15, 0.2) is 35.4 Å². The standard InChI is InChI=1S/C17H23N3OS/c1-11(2)20-16(8-9-18-20)19-17(21)14(5)22-15-7-6-12(3)13(4)10-15/h6-11,14H,1-5H3,(H,19,21). The van der Waals surface area contributed by atoms with Gasteiger partial charge in [-0.1, -0.05) is 6.07 Å². The van der Waals surface area contributed by atoms with Crippen LogP contribution in [-0.2, 0) is 4.79 Å². The minimum Gasteiger partial charge on any atom is -0.310 e. The summed E-state index contributed by atoms with van der Waals surface area (Å²) in [5, 5.41) is 7.02. The molecule has 1 unspecified atom stereocenters. The fourth-order valence-corrected chi connectivity index (χ4v) is 3.06. The Morgan fingerprint density at radius 1 is 1.18 bits per heavy atom. The summed E-state index contributed by atoms with van der Waals surface area (Å²) < 4.78 is 1.81. The van der Waals surface area contributed by atoms with E-state index in [1.54, 1.807) is 18.0 Å². The van der Waals surface area contributed by atoms with E-state index in [0.717, 1.165) is 10.7 Å². The highest BCUT2D eigenvalue weighted by atomic mass is 32.2. The summed E-state index contributed by atoms with van der Waals surface area (Å²) in [5.41, 5.74) is 2.51. The molecule has 0 fully saturated rings. The van der Waals surface area contributed by atoms with Crippen molar-refractivity contribution in [1.82, 2.24) is 9.78 Å². The Morgan fingerprint density at radius 3 is 2.55 bits per heavy atom. The molecule has 0 saturated carbocycles. The summed E-state index contributed by atoms with van der Waals surface area (Å²) in [5.74, 6) is 0.734. The van der Waals surface area contributed by atoms with E-state index in [9.17, 15) is 4.79 Å². The smallest absolute Gasteiger partial charge is 0.238 e. The Labute approximate surface area is 136 Å². The first-order valence-electron chi connectivity index (χ1n) is 7.46. The Balaban J connectivity index is 2.02. The van der Waals surface area contributed by atoms with Crippen LogP contribution in [0, 0.1) is 13.8 Å². The van der Waals surface area contributed by atoms with E-state index in [0.29, 0.717) is 0 Å². The first kappa shape index (κ1) is 16.6. The predicted octanol–water partition coefficient (Wildman–Crippen LogP) is 4.20. The van der Waals surface area contributed by atoms with Gasteiger partial charge >= 0.3 is 0 Å². The lowest BCUT2D eigenvalue weighted by Gasteiger charge is -2.15. The first-order valence-corrected chi connectivity index (χ1v) is 8.34. The number of nitrogens with one attached hydrogen (secondary N) is 1. The third-order valence-electron chi connectivity index (χ3n) is 3.57. The number of anilines is 1. The molecular weight excluding hydrogens is 294 g/mol. The van der Waals surface area contributed by atoms with Gasteiger partial charge in [-0.15, -0.1) is 11.8 Å². The van der Waals surface area contributed by atoms with Gasteiger partial charge in [0, 0.05) is 17.0 Å². The summed E-state index contributed by atoms with van der Waals surface area (Å²) >= 11 is 1.57. The lowest BCUT2D eigenvalue weighted by molar-refractivity contribution is -0.115. The van der Waals surface area contributed by atoms with Crippen LogP contribution in [0.5, 0.6) is 0 Å². The van der Waals surface area contributed by atoms with E-state index in [2.05, 4.69) is 42.5 Å². The van der Waals surface area contributed by atoms with Gasteiger partial charge < -0.3 is 5.32 Å². The Kier molecular flexibility index (Phi) is 5.29. The van der Waals surface area contributed by atoms with E-state index in [-0.39, 0.29) is 17.2 Å². The van der Waals surface area contributed by atoms with Crippen molar-refractivity contribution in [2.75, 3.05) is 5.32 Å². The van der Waals surface area contributed by atoms with Gasteiger partial charge in [-0.3, -0.25) is 4.79 Å². The van der Waals surface area contributed by atoms with Crippen LogP contribution in [-0.4, -0.2) is 20.9 Å². The fourth-order valence-electron chi connectivity index (χ4n) is 2.10. The zero-order chi connectivity index (χ0) is 16.3. The SMILES string of the molecule is Cc1ccc(SC(C)C(=O)Nc2ccnn2C(C)C)cc1C. The van der Waals surface area contributed by atoms with Crippen molar-refractivity contribution < 1.29 is 4.79 Å². The maximum atomic E-state index is 12.4. The maximum Gasteiger partial charge on any atom is 0.238 e. The number of hydrogen-bond donors (Lipinski definition) is 1. The number of hydrogen-bond acceptors (Lipinski definition) is 3. The Bertz CT molecular complexity index is 664. The van der Waals surface area contributed by atoms with Crippen molar-refractivity contribution in [3.05, 3.63) is 41.6 Å².